The molecule has 0 saturated carbocycles. The van der Waals surface area contributed by atoms with Crippen molar-refractivity contribution in [1.82, 2.24) is 10.0 Å². The van der Waals surface area contributed by atoms with E-state index in [1.54, 1.807) is 36.4 Å². The number of carbonyl (C=O) groups is 2. The monoisotopic (exact) mass is 522 g/mol. The first kappa shape index (κ1) is 26.3. The van der Waals surface area contributed by atoms with E-state index in [-0.39, 0.29) is 29.8 Å². The van der Waals surface area contributed by atoms with Crippen molar-refractivity contribution in [2.75, 3.05) is 6.54 Å². The van der Waals surface area contributed by atoms with Crippen molar-refractivity contribution in [3.8, 4) is 11.1 Å². The molecule has 0 aromatic heterocycles. The van der Waals surface area contributed by atoms with Crippen LogP contribution in [0.25, 0.3) is 11.1 Å². The highest BCUT2D eigenvalue weighted by Crippen LogP contribution is 2.23. The van der Waals surface area contributed by atoms with Gasteiger partial charge in [0.1, 0.15) is 6.04 Å². The summed E-state index contributed by atoms with van der Waals surface area (Å²) in [6, 6.07) is 14.2. The molecule has 3 rings (SSSR count). The molecule has 1 amide bonds. The Balaban J connectivity index is 1.57. The third-order valence-corrected chi connectivity index (χ3v) is 6.81. The number of sulfonamides is 1. The molecule has 35 heavy (non-hydrogen) atoms. The number of rotatable bonds is 10. The zero-order valence-corrected chi connectivity index (χ0v) is 19.7. The normalized spacial score (nSPS) is 12.2. The van der Waals surface area contributed by atoms with Crippen LogP contribution in [-0.4, -0.2) is 38.0 Å². The summed E-state index contributed by atoms with van der Waals surface area (Å²) in [5.41, 5.74) is 1.49. The summed E-state index contributed by atoms with van der Waals surface area (Å²) in [7, 11) is -4.13. The van der Waals surface area contributed by atoms with E-state index in [9.17, 15) is 31.9 Å². The molecule has 0 fully saturated rings. The van der Waals surface area contributed by atoms with Crippen molar-refractivity contribution in [2.24, 2.45) is 0 Å². The maximum absolute atomic E-state index is 13.3. The summed E-state index contributed by atoms with van der Waals surface area (Å²) in [5.74, 6) is -4.30. The van der Waals surface area contributed by atoms with E-state index in [0.717, 1.165) is 29.3 Å². The van der Waals surface area contributed by atoms with Gasteiger partial charge in [-0.1, -0.05) is 35.9 Å². The molecule has 0 saturated heterocycles. The van der Waals surface area contributed by atoms with Gasteiger partial charge in [-0.25, -0.2) is 17.2 Å². The van der Waals surface area contributed by atoms with Gasteiger partial charge in [-0.2, -0.15) is 4.72 Å². The largest absolute Gasteiger partial charge is 0.480 e. The third kappa shape index (κ3) is 7.08. The molecule has 184 valence electrons. The van der Waals surface area contributed by atoms with Crippen LogP contribution in [-0.2, 0) is 14.8 Å². The topological polar surface area (TPSA) is 113 Å². The van der Waals surface area contributed by atoms with Crippen LogP contribution in [0.3, 0.4) is 0 Å². The number of carboxylic acid groups (broad SMARTS) is 1. The van der Waals surface area contributed by atoms with E-state index in [0.29, 0.717) is 5.02 Å². The Hall–Kier alpha value is -3.34. The van der Waals surface area contributed by atoms with Crippen LogP contribution >= 0.6 is 11.6 Å². The zero-order valence-electron chi connectivity index (χ0n) is 18.2. The zero-order chi connectivity index (χ0) is 25.6. The van der Waals surface area contributed by atoms with Crippen molar-refractivity contribution in [3.63, 3.8) is 0 Å². The number of halogens is 3. The third-order valence-electron chi connectivity index (χ3n) is 5.07. The second kappa shape index (κ2) is 11.4. The molecule has 3 N–H and O–H groups in total. The SMILES string of the molecule is O=C(NCCCC(NS(=O)(=O)c1ccc(-c2ccc(Cl)cc2)cc1)C(=O)O)c1ccc(F)c(F)c1. The molecule has 1 unspecified atom stereocenters. The standard InChI is InChI=1S/C24H21ClF2N2O5S/c25-18-8-3-15(4-9-18)16-5-10-19(11-6-16)35(33,34)29-22(24(31)32)2-1-13-28-23(30)17-7-12-20(26)21(27)14-17/h3-12,14,22,29H,1-2,13H2,(H,28,30)(H,31,32). The van der Waals surface area contributed by atoms with E-state index in [2.05, 4.69) is 10.0 Å². The minimum absolute atomic E-state index is 0.000867. The van der Waals surface area contributed by atoms with Gasteiger partial charge < -0.3 is 10.4 Å². The van der Waals surface area contributed by atoms with Gasteiger partial charge in [0.15, 0.2) is 11.6 Å². The molecule has 0 aliphatic carbocycles. The average molecular weight is 523 g/mol. The van der Waals surface area contributed by atoms with Crippen LogP contribution in [0.1, 0.15) is 23.2 Å². The fourth-order valence-corrected chi connectivity index (χ4v) is 4.55. The van der Waals surface area contributed by atoms with Crippen LogP contribution in [0.4, 0.5) is 8.78 Å². The summed E-state index contributed by atoms with van der Waals surface area (Å²) in [4.78, 5) is 23.5. The summed E-state index contributed by atoms with van der Waals surface area (Å²) in [6.07, 6.45) is -0.000110. The Kier molecular flexibility index (Phi) is 8.55. The lowest BCUT2D eigenvalue weighted by molar-refractivity contribution is -0.139. The number of benzene rings is 3. The minimum atomic E-state index is -4.13. The van der Waals surface area contributed by atoms with Crippen molar-refractivity contribution >= 4 is 33.5 Å². The maximum Gasteiger partial charge on any atom is 0.321 e. The Morgan fingerprint density at radius 2 is 1.51 bits per heavy atom. The predicted octanol–water partition coefficient (Wildman–Crippen LogP) is 4.23. The van der Waals surface area contributed by atoms with Gasteiger partial charge in [-0.05, 0) is 66.4 Å². The van der Waals surface area contributed by atoms with E-state index in [4.69, 9.17) is 11.6 Å². The average Bonchev–Trinajstić information content (AvgIpc) is 2.83. The fourth-order valence-electron chi connectivity index (χ4n) is 3.20. The van der Waals surface area contributed by atoms with Crippen molar-refractivity contribution in [3.05, 3.63) is 89.0 Å². The van der Waals surface area contributed by atoms with Gasteiger partial charge in [0, 0.05) is 17.1 Å². The first-order valence-electron chi connectivity index (χ1n) is 10.4. The number of carboxylic acids is 1. The van der Waals surface area contributed by atoms with E-state index in [1.807, 2.05) is 0 Å². The Labute approximate surface area is 205 Å². The molecule has 7 nitrogen and oxygen atoms in total. The second-order valence-corrected chi connectivity index (χ2v) is 9.72. The van der Waals surface area contributed by atoms with Crippen LogP contribution < -0.4 is 10.0 Å². The second-order valence-electron chi connectivity index (χ2n) is 7.57. The molecule has 1 atom stereocenters. The molecule has 0 bridgehead atoms. The molecule has 11 heteroatoms. The van der Waals surface area contributed by atoms with Crippen LogP contribution in [0, 0.1) is 11.6 Å². The lowest BCUT2D eigenvalue weighted by atomic mass is 10.1. The minimum Gasteiger partial charge on any atom is -0.480 e. The highest BCUT2D eigenvalue weighted by atomic mass is 35.5. The van der Waals surface area contributed by atoms with Crippen molar-refractivity contribution in [1.29, 1.82) is 0 Å². The van der Waals surface area contributed by atoms with Gasteiger partial charge in [0.05, 0.1) is 4.90 Å². The smallest absolute Gasteiger partial charge is 0.321 e. The Bertz CT molecular complexity index is 1320. The van der Waals surface area contributed by atoms with E-state index >= 15 is 0 Å². The van der Waals surface area contributed by atoms with Gasteiger partial charge in [0.2, 0.25) is 10.0 Å². The number of amides is 1. The highest BCUT2D eigenvalue weighted by Gasteiger charge is 2.25. The van der Waals surface area contributed by atoms with Crippen LogP contribution in [0.5, 0.6) is 0 Å². The number of carbonyl (C=O) groups excluding carboxylic acids is 1. The summed E-state index contributed by atoms with van der Waals surface area (Å²) in [6.45, 7) is -0.000867. The highest BCUT2D eigenvalue weighted by molar-refractivity contribution is 7.89. The van der Waals surface area contributed by atoms with Gasteiger partial charge >= 0.3 is 5.97 Å². The predicted molar refractivity (Wildman–Crippen MR) is 127 cm³/mol. The molecule has 0 spiro atoms. The summed E-state index contributed by atoms with van der Waals surface area (Å²) >= 11 is 5.88. The molecular formula is C24H21ClF2N2O5S. The van der Waals surface area contributed by atoms with Crippen molar-refractivity contribution in [2.45, 2.75) is 23.8 Å². The molecule has 0 radical (unpaired) electrons. The quantitative estimate of drug-likeness (QED) is 0.345. The first-order valence-corrected chi connectivity index (χ1v) is 12.3. The maximum atomic E-state index is 13.3. The molecule has 3 aromatic carbocycles. The Morgan fingerprint density at radius 3 is 2.09 bits per heavy atom. The van der Waals surface area contributed by atoms with Gasteiger partial charge in [0.25, 0.3) is 5.91 Å². The fraction of sp³-hybridized carbons (Fsp3) is 0.167. The number of hydrogen-bond donors (Lipinski definition) is 3. The van der Waals surface area contributed by atoms with Gasteiger partial charge in [-0.15, -0.1) is 0 Å². The lowest BCUT2D eigenvalue weighted by Gasteiger charge is -2.15. The number of aliphatic carboxylic acids is 1. The number of nitrogens with one attached hydrogen (secondary N) is 2. The molecule has 0 heterocycles. The molecular weight excluding hydrogens is 502 g/mol. The number of hydrogen-bond acceptors (Lipinski definition) is 4. The Morgan fingerprint density at radius 1 is 0.914 bits per heavy atom. The van der Waals surface area contributed by atoms with E-state index < -0.39 is 39.6 Å². The van der Waals surface area contributed by atoms with Gasteiger partial charge in [-0.3, -0.25) is 9.59 Å². The summed E-state index contributed by atoms with van der Waals surface area (Å²) < 4.78 is 53.8. The molecule has 3 aromatic rings. The van der Waals surface area contributed by atoms with Crippen LogP contribution in [0.2, 0.25) is 5.02 Å². The first-order chi connectivity index (χ1) is 16.6. The molecule has 0 aliphatic heterocycles. The molecule has 0 aliphatic rings. The lowest BCUT2D eigenvalue weighted by Crippen LogP contribution is -2.41. The summed E-state index contributed by atoms with van der Waals surface area (Å²) in [5, 5.41) is 12.5. The van der Waals surface area contributed by atoms with Crippen molar-refractivity contribution < 1.29 is 31.9 Å². The van der Waals surface area contributed by atoms with Crippen LogP contribution in [0.15, 0.2) is 71.6 Å². The van der Waals surface area contributed by atoms with E-state index in [1.165, 1.54) is 12.1 Å².